The van der Waals surface area contributed by atoms with E-state index in [0.29, 0.717) is 29.1 Å². The summed E-state index contributed by atoms with van der Waals surface area (Å²) in [7, 11) is 2.18. The fourth-order valence-corrected chi connectivity index (χ4v) is 7.54. The highest BCUT2D eigenvalue weighted by Crippen LogP contribution is 2.38. The van der Waals surface area contributed by atoms with E-state index >= 15 is 0 Å². The van der Waals surface area contributed by atoms with Crippen LogP contribution in [-0.2, 0) is 16.8 Å². The van der Waals surface area contributed by atoms with Gasteiger partial charge in [0, 0.05) is 67.3 Å². The Labute approximate surface area is 388 Å². The van der Waals surface area contributed by atoms with Crippen molar-refractivity contribution < 1.29 is 23.9 Å². The Morgan fingerprint density at radius 1 is 0.712 bits per heavy atom. The van der Waals surface area contributed by atoms with Crippen LogP contribution in [0.15, 0.2) is 129 Å². The van der Waals surface area contributed by atoms with Gasteiger partial charge < -0.3 is 41.1 Å². The average molecular weight is 918 g/mol. The van der Waals surface area contributed by atoms with Crippen LogP contribution in [0.25, 0.3) is 10.4 Å². The van der Waals surface area contributed by atoms with Gasteiger partial charge in [-0.25, -0.2) is 15.0 Å². The summed E-state index contributed by atoms with van der Waals surface area (Å²) in [6, 6.07) is 19.2. The number of pyridine rings is 6. The third-order valence-electron chi connectivity index (χ3n) is 10.3. The molecule has 7 aromatic heterocycles. The number of anilines is 2. The van der Waals surface area contributed by atoms with Gasteiger partial charge in [-0.2, -0.15) is 4.39 Å². The molecule has 0 unspecified atom stereocenters. The van der Waals surface area contributed by atoms with Crippen molar-refractivity contribution in [1.82, 2.24) is 39.8 Å². The molecule has 0 aliphatic carbocycles. The molecule has 0 aromatic carbocycles. The fraction of sp³-hybridized carbons (Fsp3) is 0.312. The first-order valence-corrected chi connectivity index (χ1v) is 21.8. The van der Waals surface area contributed by atoms with Crippen LogP contribution in [0, 0.1) is 15.9 Å². The van der Waals surface area contributed by atoms with E-state index in [4.69, 9.17) is 25.9 Å². The molecular formula is C48H56FN11O5S. The molecule has 16 nitrogen and oxygen atoms in total. The molecule has 1 saturated heterocycles. The second-order valence-corrected chi connectivity index (χ2v) is 17.8. The van der Waals surface area contributed by atoms with Crippen LogP contribution in [0.5, 0.6) is 11.5 Å². The lowest BCUT2D eigenvalue weighted by molar-refractivity contribution is -0.392. The third kappa shape index (κ3) is 14.5. The van der Waals surface area contributed by atoms with Gasteiger partial charge in [0.15, 0.2) is 23.1 Å². The SMILES string of the molecule is CC(C)(O)c1ccncc1.CC(C)(Oc1cccnc1N)c1ccncc1.CN1CCC(c2ncc(-c3cnc(N)c(OC(C)(C)c4ccncc4)c3)s2)CC1.O=[N+]([O-])c1ncccc1F. The molecule has 5 N–H and O–H groups in total. The first-order valence-electron chi connectivity index (χ1n) is 21.0. The smallest absolute Gasteiger partial charge is 0.399 e. The topological polar surface area (TPSA) is 227 Å². The Morgan fingerprint density at radius 3 is 1.70 bits per heavy atom. The minimum Gasteiger partial charge on any atom is -0.479 e. The van der Waals surface area contributed by atoms with E-state index in [9.17, 15) is 19.6 Å². The number of nitrogens with zero attached hydrogens (tertiary/aromatic N) is 9. The van der Waals surface area contributed by atoms with Gasteiger partial charge in [0.1, 0.15) is 17.4 Å². The summed E-state index contributed by atoms with van der Waals surface area (Å²) >= 11 is 1.75. The zero-order valence-electron chi connectivity index (χ0n) is 38.1. The zero-order chi connectivity index (χ0) is 47.9. The molecule has 346 valence electrons. The van der Waals surface area contributed by atoms with E-state index in [1.54, 1.807) is 93.0 Å². The maximum absolute atomic E-state index is 12.3. The highest BCUT2D eigenvalue weighted by molar-refractivity contribution is 7.15. The molecule has 66 heavy (non-hydrogen) atoms. The van der Waals surface area contributed by atoms with Crippen LogP contribution in [-0.4, -0.2) is 70.0 Å². The van der Waals surface area contributed by atoms with E-state index in [1.165, 1.54) is 17.3 Å². The maximum Gasteiger partial charge on any atom is 0.399 e. The van der Waals surface area contributed by atoms with Gasteiger partial charge in [-0.3, -0.25) is 15.0 Å². The summed E-state index contributed by atoms with van der Waals surface area (Å²) in [6.07, 6.45) is 19.2. The largest absolute Gasteiger partial charge is 0.479 e. The number of aliphatic hydroxyl groups is 1. The molecule has 1 aliphatic rings. The normalized spacial score (nSPS) is 13.1. The van der Waals surface area contributed by atoms with E-state index in [1.807, 2.05) is 70.3 Å². The Bertz CT molecular complexity index is 2590. The van der Waals surface area contributed by atoms with Crippen molar-refractivity contribution in [2.45, 2.75) is 77.1 Å². The van der Waals surface area contributed by atoms with Crippen molar-refractivity contribution in [2.75, 3.05) is 31.6 Å². The van der Waals surface area contributed by atoms with Gasteiger partial charge in [-0.05, 0) is 168 Å². The number of piperidine rings is 1. The van der Waals surface area contributed by atoms with Crippen LogP contribution in [0.3, 0.4) is 0 Å². The second-order valence-electron chi connectivity index (χ2n) is 16.7. The number of nitrogens with two attached hydrogens (primary N) is 2. The molecule has 8 rings (SSSR count). The van der Waals surface area contributed by atoms with Gasteiger partial charge in [-0.15, -0.1) is 11.3 Å². The lowest BCUT2D eigenvalue weighted by Gasteiger charge is -2.27. The molecule has 0 amide bonds. The van der Waals surface area contributed by atoms with Crippen molar-refractivity contribution >= 4 is 28.8 Å². The summed E-state index contributed by atoms with van der Waals surface area (Å²) in [5, 5.41) is 20.6. The highest BCUT2D eigenvalue weighted by Gasteiger charge is 2.26. The van der Waals surface area contributed by atoms with Crippen LogP contribution >= 0.6 is 11.3 Å². The summed E-state index contributed by atoms with van der Waals surface area (Å²) in [4.78, 5) is 40.7. The lowest BCUT2D eigenvalue weighted by atomic mass is 9.98. The number of rotatable bonds is 10. The number of hydrogen-bond donors (Lipinski definition) is 3. The molecule has 0 atom stereocenters. The molecule has 1 fully saturated rings. The summed E-state index contributed by atoms with van der Waals surface area (Å²) in [6.45, 7) is 13.8. The minimum atomic E-state index is -0.910. The fourth-order valence-electron chi connectivity index (χ4n) is 6.47. The average Bonchev–Trinajstić information content (AvgIpc) is 3.80. The third-order valence-corrected chi connectivity index (χ3v) is 11.5. The highest BCUT2D eigenvalue weighted by atomic mass is 32.1. The Balaban J connectivity index is 0.000000185. The Hall–Kier alpha value is -7.02. The zero-order valence-corrected chi connectivity index (χ0v) is 38.9. The molecule has 0 radical (unpaired) electrons. The number of thiazole rings is 1. The summed E-state index contributed by atoms with van der Waals surface area (Å²) in [5.74, 6) is 0.862. The second kappa shape index (κ2) is 22.7. The number of nitrogen functional groups attached to an aromatic ring is 2. The maximum atomic E-state index is 12.3. The summed E-state index contributed by atoms with van der Waals surface area (Å²) < 4.78 is 24.5. The lowest BCUT2D eigenvalue weighted by Crippen LogP contribution is -2.29. The van der Waals surface area contributed by atoms with Crippen molar-refractivity contribution in [3.8, 4) is 21.9 Å². The van der Waals surface area contributed by atoms with Crippen LogP contribution in [0.2, 0.25) is 0 Å². The van der Waals surface area contributed by atoms with Crippen molar-refractivity contribution in [3.63, 3.8) is 0 Å². The van der Waals surface area contributed by atoms with Gasteiger partial charge in [0.25, 0.3) is 0 Å². The van der Waals surface area contributed by atoms with Gasteiger partial charge >= 0.3 is 5.82 Å². The molecular weight excluding hydrogens is 862 g/mol. The first-order chi connectivity index (χ1) is 31.3. The number of hydrogen-bond acceptors (Lipinski definition) is 16. The first kappa shape index (κ1) is 50.0. The molecule has 7 aromatic rings. The number of likely N-dealkylation sites (tertiary alicyclic amines) is 1. The van der Waals surface area contributed by atoms with Crippen molar-refractivity contribution in [1.29, 1.82) is 0 Å². The van der Waals surface area contributed by atoms with Crippen molar-refractivity contribution in [2.24, 2.45) is 0 Å². The van der Waals surface area contributed by atoms with Crippen LogP contribution in [0.1, 0.15) is 82.0 Å². The number of ether oxygens (including phenoxy) is 2. The Kier molecular flexibility index (Phi) is 17.2. The molecule has 8 heterocycles. The predicted molar refractivity (Wildman–Crippen MR) is 254 cm³/mol. The molecule has 0 saturated carbocycles. The standard InChI is InChI=1S/C22H27N5OS.C13H15N3O.C8H11NO.C5H3FN2O2/c1-22(2,17-4-8-24-9-5-17)28-18-12-16(13-25-20(18)23)19-14-26-21(29-19)15-6-10-27(3)11-7-15;1-13(2,10-5-8-15-9-6-10)17-11-4-3-7-16-12(11)14;1-8(2,10)7-3-5-9-6-4-7;6-4-2-1-3-7-5(4)8(9)10/h4-5,8-9,12-15H,6-7,10-11H2,1-3H3,(H2,23,25);3-9H,1-2H3,(H2,14,16);3-6,10H,1-2H3;1-3H. The van der Waals surface area contributed by atoms with Crippen LogP contribution < -0.4 is 20.9 Å². The predicted octanol–water partition coefficient (Wildman–Crippen LogP) is 9.12. The van der Waals surface area contributed by atoms with E-state index < -0.39 is 33.4 Å². The molecule has 0 bridgehead atoms. The van der Waals surface area contributed by atoms with Gasteiger partial charge in [0.2, 0.25) is 5.82 Å². The van der Waals surface area contributed by atoms with E-state index in [2.05, 4.69) is 41.9 Å². The van der Waals surface area contributed by atoms with Gasteiger partial charge in [-0.1, -0.05) is 0 Å². The van der Waals surface area contributed by atoms with E-state index in [0.717, 1.165) is 59.1 Å². The van der Waals surface area contributed by atoms with Crippen LogP contribution in [0.4, 0.5) is 21.8 Å². The minimum absolute atomic E-state index is 0.385. The quantitative estimate of drug-likeness (QED) is 0.0858. The summed E-state index contributed by atoms with van der Waals surface area (Å²) in [5.41, 5.74) is 14.0. The van der Waals surface area contributed by atoms with Crippen molar-refractivity contribution in [3.05, 3.63) is 166 Å². The molecule has 18 heteroatoms. The number of halogens is 1. The van der Waals surface area contributed by atoms with E-state index in [-0.39, 0.29) is 0 Å². The number of aromatic nitrogens is 7. The molecule has 0 spiro atoms. The Morgan fingerprint density at radius 2 is 1.21 bits per heavy atom. The number of nitro groups is 1. The van der Waals surface area contributed by atoms with Gasteiger partial charge in [0.05, 0.1) is 15.5 Å². The molecule has 1 aliphatic heterocycles. The monoisotopic (exact) mass is 917 g/mol.